The van der Waals surface area contributed by atoms with Crippen molar-refractivity contribution >= 4 is 5.97 Å². The SMILES string of the molecule is O=C1CCCCCO1.OC1CCCCC1. The van der Waals surface area contributed by atoms with Gasteiger partial charge >= 0.3 is 5.97 Å². The van der Waals surface area contributed by atoms with Crippen molar-refractivity contribution in [2.24, 2.45) is 0 Å². The molecule has 1 saturated carbocycles. The zero-order chi connectivity index (χ0) is 10.9. The molecule has 88 valence electrons. The average molecular weight is 214 g/mol. The molecule has 0 aromatic rings. The van der Waals surface area contributed by atoms with E-state index in [1.165, 1.54) is 19.3 Å². The van der Waals surface area contributed by atoms with Crippen LogP contribution in [0.3, 0.4) is 0 Å². The maximum absolute atomic E-state index is 10.5. The molecular weight excluding hydrogens is 192 g/mol. The van der Waals surface area contributed by atoms with Gasteiger partial charge in [0.1, 0.15) is 0 Å². The smallest absolute Gasteiger partial charge is 0.305 e. The molecule has 1 saturated heterocycles. The minimum Gasteiger partial charge on any atom is -0.466 e. The normalized spacial score (nSPS) is 23.4. The third-order valence-corrected chi connectivity index (χ3v) is 2.86. The topological polar surface area (TPSA) is 46.5 Å². The summed E-state index contributed by atoms with van der Waals surface area (Å²) in [5.74, 6) is -0.0255. The van der Waals surface area contributed by atoms with Crippen LogP contribution in [0, 0.1) is 0 Å². The Morgan fingerprint density at radius 3 is 2.27 bits per heavy atom. The van der Waals surface area contributed by atoms with Gasteiger partial charge < -0.3 is 9.84 Å². The molecule has 1 N–H and O–H groups in total. The van der Waals surface area contributed by atoms with Gasteiger partial charge in [0, 0.05) is 6.42 Å². The Bertz CT molecular complexity index is 164. The van der Waals surface area contributed by atoms with Gasteiger partial charge in [0.05, 0.1) is 12.7 Å². The number of carbonyl (C=O) groups is 1. The Morgan fingerprint density at radius 1 is 1.00 bits per heavy atom. The summed E-state index contributed by atoms with van der Waals surface area (Å²) in [7, 11) is 0. The molecule has 2 aliphatic rings. The Kier molecular flexibility index (Phi) is 6.41. The summed E-state index contributed by atoms with van der Waals surface area (Å²) in [6, 6.07) is 0. The van der Waals surface area contributed by atoms with Gasteiger partial charge in [-0.05, 0) is 32.1 Å². The molecular formula is C12H22O3. The zero-order valence-corrected chi connectivity index (χ0v) is 9.41. The summed E-state index contributed by atoms with van der Waals surface area (Å²) in [6.45, 7) is 0.638. The fourth-order valence-electron chi connectivity index (χ4n) is 1.89. The lowest BCUT2D eigenvalue weighted by atomic mass is 9.98. The van der Waals surface area contributed by atoms with Crippen LogP contribution >= 0.6 is 0 Å². The van der Waals surface area contributed by atoms with Crippen LogP contribution in [0.4, 0.5) is 0 Å². The summed E-state index contributed by atoms with van der Waals surface area (Å²) in [5, 5.41) is 8.91. The van der Waals surface area contributed by atoms with Crippen LogP contribution in [-0.2, 0) is 9.53 Å². The lowest BCUT2D eigenvalue weighted by Gasteiger charge is -2.14. The highest BCUT2D eigenvalue weighted by atomic mass is 16.5. The number of carbonyl (C=O) groups excluding carboxylic acids is 1. The Hall–Kier alpha value is -0.570. The molecule has 0 spiro atoms. The molecule has 15 heavy (non-hydrogen) atoms. The molecule has 0 amide bonds. The van der Waals surface area contributed by atoms with Gasteiger partial charge in [0.15, 0.2) is 0 Å². The number of cyclic esters (lactones) is 1. The third kappa shape index (κ3) is 6.50. The highest BCUT2D eigenvalue weighted by Crippen LogP contribution is 2.16. The highest BCUT2D eigenvalue weighted by Gasteiger charge is 2.07. The summed E-state index contributed by atoms with van der Waals surface area (Å²) < 4.78 is 4.76. The molecule has 2 fully saturated rings. The molecule has 0 aromatic heterocycles. The molecule has 1 heterocycles. The summed E-state index contributed by atoms with van der Waals surface area (Å²) in [5.41, 5.74) is 0. The van der Waals surface area contributed by atoms with Gasteiger partial charge in [-0.3, -0.25) is 4.79 Å². The van der Waals surface area contributed by atoms with Crippen LogP contribution in [0.25, 0.3) is 0 Å². The van der Waals surface area contributed by atoms with Crippen molar-refractivity contribution in [1.82, 2.24) is 0 Å². The van der Waals surface area contributed by atoms with Crippen LogP contribution in [0.15, 0.2) is 0 Å². The summed E-state index contributed by atoms with van der Waals surface area (Å²) in [4.78, 5) is 10.5. The number of aliphatic hydroxyl groups excluding tert-OH is 1. The lowest BCUT2D eigenvalue weighted by Crippen LogP contribution is -2.09. The van der Waals surface area contributed by atoms with Crippen LogP contribution < -0.4 is 0 Å². The monoisotopic (exact) mass is 214 g/mol. The van der Waals surface area contributed by atoms with E-state index in [1.54, 1.807) is 0 Å². The predicted molar refractivity (Wildman–Crippen MR) is 58.5 cm³/mol. The predicted octanol–water partition coefficient (Wildman–Crippen LogP) is 2.42. The van der Waals surface area contributed by atoms with E-state index in [4.69, 9.17) is 9.84 Å². The number of rotatable bonds is 0. The molecule has 3 nitrogen and oxygen atoms in total. The van der Waals surface area contributed by atoms with E-state index in [9.17, 15) is 4.79 Å². The van der Waals surface area contributed by atoms with E-state index in [-0.39, 0.29) is 12.1 Å². The highest BCUT2D eigenvalue weighted by molar-refractivity contribution is 5.69. The number of ether oxygens (including phenoxy) is 1. The Labute approximate surface area is 91.8 Å². The lowest BCUT2D eigenvalue weighted by molar-refractivity contribution is -0.142. The molecule has 0 bridgehead atoms. The van der Waals surface area contributed by atoms with Gasteiger partial charge in [-0.1, -0.05) is 19.3 Å². The summed E-state index contributed by atoms with van der Waals surface area (Å²) in [6.07, 6.45) is 9.75. The quantitative estimate of drug-likeness (QED) is 0.630. The van der Waals surface area contributed by atoms with Crippen molar-refractivity contribution in [3.05, 3.63) is 0 Å². The number of aliphatic hydroxyl groups is 1. The molecule has 3 heteroatoms. The second kappa shape index (κ2) is 7.69. The Balaban J connectivity index is 0.000000151. The van der Waals surface area contributed by atoms with Crippen molar-refractivity contribution in [2.45, 2.75) is 63.9 Å². The second-order valence-corrected chi connectivity index (χ2v) is 4.32. The molecule has 1 aliphatic carbocycles. The van der Waals surface area contributed by atoms with Crippen molar-refractivity contribution in [3.8, 4) is 0 Å². The van der Waals surface area contributed by atoms with E-state index in [0.29, 0.717) is 13.0 Å². The van der Waals surface area contributed by atoms with Crippen LogP contribution in [-0.4, -0.2) is 23.8 Å². The van der Waals surface area contributed by atoms with E-state index in [2.05, 4.69) is 0 Å². The maximum atomic E-state index is 10.5. The number of hydrogen-bond donors (Lipinski definition) is 1. The van der Waals surface area contributed by atoms with E-state index in [0.717, 1.165) is 32.1 Å². The van der Waals surface area contributed by atoms with E-state index < -0.39 is 0 Å². The first-order chi connectivity index (χ1) is 7.29. The van der Waals surface area contributed by atoms with Gasteiger partial charge in [-0.15, -0.1) is 0 Å². The maximum Gasteiger partial charge on any atom is 0.305 e. The van der Waals surface area contributed by atoms with Crippen molar-refractivity contribution in [2.75, 3.05) is 6.61 Å². The minimum absolute atomic E-state index is 0.0255. The molecule has 0 atom stereocenters. The number of esters is 1. The average Bonchev–Trinajstić information content (AvgIpc) is 2.48. The third-order valence-electron chi connectivity index (χ3n) is 2.86. The largest absolute Gasteiger partial charge is 0.466 e. The van der Waals surface area contributed by atoms with Crippen molar-refractivity contribution in [1.29, 1.82) is 0 Å². The first-order valence-corrected chi connectivity index (χ1v) is 6.13. The molecule has 0 aromatic carbocycles. The first-order valence-electron chi connectivity index (χ1n) is 6.13. The minimum atomic E-state index is -0.0255. The molecule has 0 unspecified atom stereocenters. The van der Waals surface area contributed by atoms with Crippen LogP contribution in [0.5, 0.6) is 0 Å². The van der Waals surface area contributed by atoms with Crippen LogP contribution in [0.2, 0.25) is 0 Å². The zero-order valence-electron chi connectivity index (χ0n) is 9.41. The molecule has 0 radical (unpaired) electrons. The fraction of sp³-hybridized carbons (Fsp3) is 0.917. The fourth-order valence-corrected chi connectivity index (χ4v) is 1.89. The second-order valence-electron chi connectivity index (χ2n) is 4.32. The van der Waals surface area contributed by atoms with Gasteiger partial charge in [-0.25, -0.2) is 0 Å². The first kappa shape index (κ1) is 12.5. The molecule has 2 rings (SSSR count). The van der Waals surface area contributed by atoms with Crippen LogP contribution in [0.1, 0.15) is 57.8 Å². The van der Waals surface area contributed by atoms with Gasteiger partial charge in [-0.2, -0.15) is 0 Å². The van der Waals surface area contributed by atoms with Crippen molar-refractivity contribution < 1.29 is 14.6 Å². The standard InChI is InChI=1S/C6H10O2.C6H12O/c7-6-4-2-1-3-5-8-6;7-6-4-2-1-3-5-6/h1-5H2;6-7H,1-5H2. The van der Waals surface area contributed by atoms with Crippen molar-refractivity contribution in [3.63, 3.8) is 0 Å². The van der Waals surface area contributed by atoms with Gasteiger partial charge in [0.25, 0.3) is 0 Å². The van der Waals surface area contributed by atoms with Gasteiger partial charge in [0.2, 0.25) is 0 Å². The van der Waals surface area contributed by atoms with E-state index >= 15 is 0 Å². The van der Waals surface area contributed by atoms with E-state index in [1.807, 2.05) is 0 Å². The molecule has 1 aliphatic heterocycles. The summed E-state index contributed by atoms with van der Waals surface area (Å²) >= 11 is 0. The Morgan fingerprint density at radius 2 is 1.67 bits per heavy atom. The number of hydrogen-bond acceptors (Lipinski definition) is 3.